The zero-order valence-corrected chi connectivity index (χ0v) is 40.5. The van der Waals surface area contributed by atoms with Crippen molar-refractivity contribution < 1.29 is 20.8 Å². The van der Waals surface area contributed by atoms with Gasteiger partial charge in [-0.2, -0.15) is 12.1 Å². The van der Waals surface area contributed by atoms with E-state index >= 15 is 0 Å². The fraction of sp³-hybridized carbons (Fsp3) is 0.400. The summed E-state index contributed by atoms with van der Waals surface area (Å²) in [6.45, 7) is 31.7. The summed E-state index contributed by atoms with van der Waals surface area (Å²) >= 11 is -0.826. The minimum atomic E-state index is -0.826. The third-order valence-corrected chi connectivity index (χ3v) is 10.2. The molecular weight excluding hydrogens is 791 g/mol. The van der Waals surface area contributed by atoms with Crippen LogP contribution >= 0.6 is 17.0 Å². The zero-order valence-electron chi connectivity index (χ0n) is 35.6. The Morgan fingerprint density at radius 3 is 1.17 bits per heavy atom. The van der Waals surface area contributed by atoms with Gasteiger partial charge < -0.3 is 0 Å². The van der Waals surface area contributed by atoms with E-state index in [9.17, 15) is 0 Å². The van der Waals surface area contributed by atoms with Crippen molar-refractivity contribution in [3.63, 3.8) is 0 Å². The summed E-state index contributed by atoms with van der Waals surface area (Å²) in [4.78, 5) is 0. The van der Waals surface area contributed by atoms with Crippen LogP contribution in [0.5, 0.6) is 0 Å². The summed E-state index contributed by atoms with van der Waals surface area (Å²) in [6.07, 6.45) is 2.13. The summed E-state index contributed by atoms with van der Waals surface area (Å²) in [5.74, 6) is 1.05. The molecule has 0 N–H and O–H groups in total. The first-order chi connectivity index (χ1) is 25.5. The van der Waals surface area contributed by atoms with Crippen molar-refractivity contribution >= 4 is 48.1 Å². The third kappa shape index (κ3) is 11.4. The van der Waals surface area contributed by atoms with E-state index in [1.54, 1.807) is 0 Å². The fourth-order valence-electron chi connectivity index (χ4n) is 7.20. The SMILES string of the molecule is CCc1ccc2[cH-]c(C(C)(C)C)cc2c1-c1ccccc1C(C)C.CCc1ccc2[cH-]c(C(C)(C)C)cc2c1-c1ccccc1C(C)C.C[Si]C.[Cl][Zr+2][Cl]. The number of halogens is 2. The van der Waals surface area contributed by atoms with E-state index in [-0.39, 0.29) is 10.8 Å². The van der Waals surface area contributed by atoms with Crippen LogP contribution in [0, 0.1) is 0 Å². The number of rotatable bonds is 6. The normalized spacial score (nSPS) is 11.4. The molecule has 0 atom stereocenters. The molecule has 6 rings (SSSR count). The standard InChI is InChI=1S/2C24H29.C2H6Si.2ClH.Zr/c2*1-7-17-12-13-18-14-19(24(4,5)6)15-22(18)23(17)21-11-9-8-10-20(21)16(2)3;1-3-2;;;/h2*8-16H,7H2,1-6H3;1-2H3;2*1H;/q2*-1;;;;+4/p-2. The molecule has 0 nitrogen and oxygen atoms in total. The van der Waals surface area contributed by atoms with Crippen molar-refractivity contribution in [1.82, 2.24) is 0 Å². The van der Waals surface area contributed by atoms with E-state index in [4.69, 9.17) is 17.0 Å². The molecule has 0 fully saturated rings. The molecule has 0 amide bonds. The Hall–Kier alpha value is -2.22. The molecule has 0 spiro atoms. The number of hydrogen-bond acceptors (Lipinski definition) is 0. The summed E-state index contributed by atoms with van der Waals surface area (Å²) in [6, 6.07) is 36.6. The minimum absolute atomic E-state index is 0.181. The van der Waals surface area contributed by atoms with E-state index < -0.39 is 20.8 Å². The van der Waals surface area contributed by atoms with Crippen LogP contribution in [-0.2, 0) is 44.5 Å². The van der Waals surface area contributed by atoms with Gasteiger partial charge in [0, 0.05) is 9.52 Å². The molecule has 0 aromatic heterocycles. The van der Waals surface area contributed by atoms with Gasteiger partial charge in [0.15, 0.2) is 0 Å². The van der Waals surface area contributed by atoms with Crippen molar-refractivity contribution in [2.45, 2.75) is 132 Å². The van der Waals surface area contributed by atoms with E-state index in [0.29, 0.717) is 11.8 Å². The van der Waals surface area contributed by atoms with Gasteiger partial charge in [0.2, 0.25) is 0 Å². The number of benzene rings is 4. The van der Waals surface area contributed by atoms with Crippen LogP contribution in [0.15, 0.2) is 97.1 Å². The van der Waals surface area contributed by atoms with Crippen molar-refractivity contribution in [3.8, 4) is 22.3 Å². The van der Waals surface area contributed by atoms with Crippen LogP contribution in [0.1, 0.15) is 128 Å². The molecule has 286 valence electrons. The molecule has 0 unspecified atom stereocenters. The third-order valence-electron chi connectivity index (χ3n) is 10.2. The van der Waals surface area contributed by atoms with E-state index in [1.165, 1.54) is 77.2 Å². The molecule has 0 aliphatic heterocycles. The monoisotopic (exact) mass is 852 g/mol. The number of aryl methyl sites for hydroxylation is 2. The average molecular weight is 855 g/mol. The molecule has 54 heavy (non-hydrogen) atoms. The predicted octanol–water partition coefficient (Wildman–Crippen LogP) is 16.6. The van der Waals surface area contributed by atoms with E-state index in [1.807, 2.05) is 0 Å². The molecule has 0 aliphatic carbocycles. The van der Waals surface area contributed by atoms with Gasteiger partial charge in [0.25, 0.3) is 0 Å². The topological polar surface area (TPSA) is 0 Å². The number of fused-ring (bicyclic) bond motifs is 2. The van der Waals surface area contributed by atoms with Crippen LogP contribution in [0.2, 0.25) is 13.1 Å². The van der Waals surface area contributed by atoms with E-state index in [0.717, 1.165) is 22.4 Å². The molecule has 0 aliphatic rings. The fourth-order valence-corrected chi connectivity index (χ4v) is 7.20. The quantitative estimate of drug-likeness (QED) is 0.116. The molecular formula is C50H64Cl2SiZr. The average Bonchev–Trinajstić information content (AvgIpc) is 3.77. The van der Waals surface area contributed by atoms with Crippen LogP contribution in [0.25, 0.3) is 43.8 Å². The molecule has 4 heteroatoms. The Morgan fingerprint density at radius 2 is 0.889 bits per heavy atom. The Balaban J connectivity index is 0.000000254. The second-order valence-corrected chi connectivity index (χ2v) is 21.7. The Morgan fingerprint density at radius 1 is 0.574 bits per heavy atom. The molecule has 0 heterocycles. The first-order valence-corrected chi connectivity index (χ1v) is 28.0. The summed E-state index contributed by atoms with van der Waals surface area (Å²) in [7, 11) is 11.0. The molecule has 0 bridgehead atoms. The van der Waals surface area contributed by atoms with E-state index in [2.05, 4.69) is 193 Å². The van der Waals surface area contributed by atoms with Gasteiger partial charge in [0.05, 0.1) is 0 Å². The summed E-state index contributed by atoms with van der Waals surface area (Å²) < 4.78 is 0. The maximum absolute atomic E-state index is 4.93. The first kappa shape index (κ1) is 46.2. The molecule has 2 radical (unpaired) electrons. The van der Waals surface area contributed by atoms with Crippen molar-refractivity contribution in [3.05, 3.63) is 130 Å². The van der Waals surface area contributed by atoms with Gasteiger partial charge >= 0.3 is 37.9 Å². The van der Waals surface area contributed by atoms with Crippen LogP contribution < -0.4 is 0 Å². The molecule has 0 saturated carbocycles. The maximum atomic E-state index is 4.93. The Labute approximate surface area is 350 Å². The van der Waals surface area contributed by atoms with Gasteiger partial charge in [-0.25, -0.2) is 0 Å². The van der Waals surface area contributed by atoms with Crippen molar-refractivity contribution in [1.29, 1.82) is 0 Å². The van der Waals surface area contributed by atoms with Gasteiger partial charge in [-0.3, -0.25) is 0 Å². The Kier molecular flexibility index (Phi) is 17.8. The van der Waals surface area contributed by atoms with Crippen molar-refractivity contribution in [2.75, 3.05) is 0 Å². The molecule has 6 aromatic carbocycles. The van der Waals surface area contributed by atoms with Crippen LogP contribution in [0.4, 0.5) is 0 Å². The first-order valence-electron chi connectivity index (χ1n) is 19.7. The predicted molar refractivity (Wildman–Crippen MR) is 243 cm³/mol. The van der Waals surface area contributed by atoms with Gasteiger partial charge in [0.1, 0.15) is 0 Å². The summed E-state index contributed by atoms with van der Waals surface area (Å²) in [5.41, 5.74) is 14.7. The summed E-state index contributed by atoms with van der Waals surface area (Å²) in [5, 5.41) is 5.55. The number of hydrogen-bond donors (Lipinski definition) is 0. The van der Waals surface area contributed by atoms with Gasteiger partial charge in [-0.15, -0.1) is 69.1 Å². The second-order valence-electron chi connectivity index (χ2n) is 17.0. The molecule has 6 aromatic rings. The van der Waals surface area contributed by atoms with Crippen molar-refractivity contribution in [2.24, 2.45) is 0 Å². The van der Waals surface area contributed by atoms with Crippen LogP contribution in [-0.4, -0.2) is 9.52 Å². The van der Waals surface area contributed by atoms with Crippen LogP contribution in [0.3, 0.4) is 0 Å². The van der Waals surface area contributed by atoms with Gasteiger partial charge in [-0.1, -0.05) is 167 Å². The van der Waals surface area contributed by atoms with Gasteiger partial charge in [-0.05, 0) is 57.8 Å². The molecule has 0 saturated heterocycles. The second kappa shape index (κ2) is 20.8. The zero-order chi connectivity index (χ0) is 40.4. The Bertz CT molecular complexity index is 1910.